The Kier molecular flexibility index (Phi) is 2.33. The van der Waals surface area contributed by atoms with E-state index in [1.807, 2.05) is 24.3 Å². The molecule has 3 aromatic rings. The first-order valence-electron chi connectivity index (χ1n) is 5.10. The van der Waals surface area contributed by atoms with Gasteiger partial charge in [-0.05, 0) is 23.8 Å². The number of hydrogen-bond donors (Lipinski definition) is 1. The van der Waals surface area contributed by atoms with Crippen LogP contribution in [0.4, 0.5) is 5.82 Å². The topological polar surface area (TPSA) is 56.2 Å². The molecule has 0 amide bonds. The molecule has 4 nitrogen and oxygen atoms in total. The van der Waals surface area contributed by atoms with E-state index in [0.29, 0.717) is 5.82 Å². The standard InChI is InChI=1S/C12H9BrN4/c13-9-3-1-2-8(6-9)10-7-15-17-5-4-11(14)16-12(10)17/h1-7H,(H2,14,16). The normalized spacial score (nSPS) is 10.9. The Morgan fingerprint density at radius 1 is 1.24 bits per heavy atom. The van der Waals surface area contributed by atoms with Gasteiger partial charge >= 0.3 is 0 Å². The average Bonchev–Trinajstić information content (AvgIpc) is 2.71. The van der Waals surface area contributed by atoms with Gasteiger partial charge in [-0.3, -0.25) is 0 Å². The van der Waals surface area contributed by atoms with Crippen molar-refractivity contribution in [3.8, 4) is 11.1 Å². The molecular weight excluding hydrogens is 280 g/mol. The molecule has 0 radical (unpaired) electrons. The van der Waals surface area contributed by atoms with E-state index in [1.165, 1.54) is 0 Å². The van der Waals surface area contributed by atoms with Crippen molar-refractivity contribution in [3.05, 3.63) is 47.2 Å². The molecule has 2 N–H and O–H groups in total. The smallest absolute Gasteiger partial charge is 0.165 e. The molecule has 3 rings (SSSR count). The zero-order valence-corrected chi connectivity index (χ0v) is 10.4. The molecule has 0 aliphatic carbocycles. The number of nitrogens with two attached hydrogens (primary N) is 1. The first kappa shape index (κ1) is 10.3. The third-order valence-electron chi connectivity index (χ3n) is 2.53. The average molecular weight is 289 g/mol. The number of aromatic nitrogens is 3. The molecule has 2 aromatic heterocycles. The predicted molar refractivity (Wildman–Crippen MR) is 70.5 cm³/mol. The van der Waals surface area contributed by atoms with Crippen LogP contribution >= 0.6 is 15.9 Å². The van der Waals surface area contributed by atoms with Gasteiger partial charge < -0.3 is 5.73 Å². The summed E-state index contributed by atoms with van der Waals surface area (Å²) in [5.74, 6) is 0.495. The number of nitrogens with zero attached hydrogens (tertiary/aromatic N) is 3. The van der Waals surface area contributed by atoms with Gasteiger partial charge in [-0.1, -0.05) is 28.1 Å². The van der Waals surface area contributed by atoms with Crippen LogP contribution in [-0.2, 0) is 0 Å². The Balaban J connectivity index is 2.27. The van der Waals surface area contributed by atoms with E-state index in [9.17, 15) is 0 Å². The molecule has 0 atom stereocenters. The lowest BCUT2D eigenvalue weighted by Gasteiger charge is -2.00. The fourth-order valence-electron chi connectivity index (χ4n) is 1.74. The lowest BCUT2D eigenvalue weighted by atomic mass is 10.1. The monoisotopic (exact) mass is 288 g/mol. The van der Waals surface area contributed by atoms with Crippen molar-refractivity contribution >= 4 is 27.4 Å². The van der Waals surface area contributed by atoms with Crippen molar-refractivity contribution in [1.82, 2.24) is 14.6 Å². The summed E-state index contributed by atoms with van der Waals surface area (Å²) < 4.78 is 2.74. The molecular formula is C12H9BrN4. The summed E-state index contributed by atoms with van der Waals surface area (Å²) in [6.07, 6.45) is 3.60. The number of halogens is 1. The Hall–Kier alpha value is -1.88. The number of anilines is 1. The highest BCUT2D eigenvalue weighted by Crippen LogP contribution is 2.26. The number of nitrogen functional groups attached to an aromatic ring is 1. The quantitative estimate of drug-likeness (QED) is 0.749. The molecule has 0 fully saturated rings. The van der Waals surface area contributed by atoms with Crippen molar-refractivity contribution < 1.29 is 0 Å². The number of hydrogen-bond acceptors (Lipinski definition) is 3. The van der Waals surface area contributed by atoms with Crippen molar-refractivity contribution in [2.24, 2.45) is 0 Å². The van der Waals surface area contributed by atoms with Crippen LogP contribution in [0.2, 0.25) is 0 Å². The predicted octanol–water partition coefficient (Wildman–Crippen LogP) is 2.74. The summed E-state index contributed by atoms with van der Waals surface area (Å²) in [6.45, 7) is 0. The number of fused-ring (bicyclic) bond motifs is 1. The third kappa shape index (κ3) is 1.78. The van der Waals surface area contributed by atoms with E-state index >= 15 is 0 Å². The van der Waals surface area contributed by atoms with Crippen LogP contribution in [0.15, 0.2) is 47.2 Å². The summed E-state index contributed by atoms with van der Waals surface area (Å²) in [4.78, 5) is 4.30. The van der Waals surface area contributed by atoms with Gasteiger partial charge in [0.1, 0.15) is 5.82 Å². The fraction of sp³-hybridized carbons (Fsp3) is 0. The molecule has 84 valence electrons. The van der Waals surface area contributed by atoms with Gasteiger partial charge in [-0.15, -0.1) is 0 Å². The van der Waals surface area contributed by atoms with Gasteiger partial charge in [0.2, 0.25) is 0 Å². The van der Waals surface area contributed by atoms with Crippen molar-refractivity contribution in [2.45, 2.75) is 0 Å². The summed E-state index contributed by atoms with van der Waals surface area (Å²) in [6, 6.07) is 9.74. The molecule has 0 saturated heterocycles. The largest absolute Gasteiger partial charge is 0.384 e. The van der Waals surface area contributed by atoms with Crippen molar-refractivity contribution in [3.63, 3.8) is 0 Å². The first-order chi connectivity index (χ1) is 8.24. The van der Waals surface area contributed by atoms with Crippen LogP contribution in [0.25, 0.3) is 16.8 Å². The van der Waals surface area contributed by atoms with Gasteiger partial charge in [0.05, 0.1) is 6.20 Å². The molecule has 0 bridgehead atoms. The van der Waals surface area contributed by atoms with Crippen molar-refractivity contribution in [1.29, 1.82) is 0 Å². The van der Waals surface area contributed by atoms with E-state index in [0.717, 1.165) is 21.2 Å². The van der Waals surface area contributed by atoms with Gasteiger partial charge in [0.15, 0.2) is 5.65 Å². The maximum Gasteiger partial charge on any atom is 0.165 e. The van der Waals surface area contributed by atoms with Crippen LogP contribution in [0.1, 0.15) is 0 Å². The SMILES string of the molecule is Nc1ccn2ncc(-c3cccc(Br)c3)c2n1. The minimum atomic E-state index is 0.495. The summed E-state index contributed by atoms with van der Waals surface area (Å²) in [7, 11) is 0. The van der Waals surface area contributed by atoms with Crippen LogP contribution < -0.4 is 5.73 Å². The Morgan fingerprint density at radius 3 is 2.94 bits per heavy atom. The molecule has 5 heteroatoms. The van der Waals surface area contributed by atoms with Crippen LogP contribution in [0.5, 0.6) is 0 Å². The molecule has 0 unspecified atom stereocenters. The Morgan fingerprint density at radius 2 is 2.12 bits per heavy atom. The summed E-state index contributed by atoms with van der Waals surface area (Å²) in [5, 5.41) is 4.25. The zero-order chi connectivity index (χ0) is 11.8. The molecule has 0 aliphatic rings. The zero-order valence-electron chi connectivity index (χ0n) is 8.84. The lowest BCUT2D eigenvalue weighted by molar-refractivity contribution is 0.942. The fourth-order valence-corrected chi connectivity index (χ4v) is 2.14. The molecule has 17 heavy (non-hydrogen) atoms. The van der Waals surface area contributed by atoms with E-state index in [4.69, 9.17) is 5.73 Å². The minimum absolute atomic E-state index is 0.495. The highest BCUT2D eigenvalue weighted by atomic mass is 79.9. The first-order valence-corrected chi connectivity index (χ1v) is 5.89. The molecule has 2 heterocycles. The molecule has 0 spiro atoms. The molecule has 0 aliphatic heterocycles. The highest BCUT2D eigenvalue weighted by molar-refractivity contribution is 9.10. The lowest BCUT2D eigenvalue weighted by Crippen LogP contribution is -1.95. The second-order valence-electron chi connectivity index (χ2n) is 3.69. The Bertz CT molecular complexity index is 690. The van der Waals surface area contributed by atoms with Crippen LogP contribution in [0, 0.1) is 0 Å². The maximum atomic E-state index is 5.70. The van der Waals surface area contributed by atoms with E-state index < -0.39 is 0 Å². The summed E-state index contributed by atoms with van der Waals surface area (Å²) >= 11 is 3.45. The van der Waals surface area contributed by atoms with E-state index in [1.54, 1.807) is 23.0 Å². The third-order valence-corrected chi connectivity index (χ3v) is 3.02. The van der Waals surface area contributed by atoms with Crippen LogP contribution in [0.3, 0.4) is 0 Å². The molecule has 1 aromatic carbocycles. The second kappa shape index (κ2) is 3.85. The van der Waals surface area contributed by atoms with Crippen LogP contribution in [-0.4, -0.2) is 14.6 Å². The second-order valence-corrected chi connectivity index (χ2v) is 4.60. The van der Waals surface area contributed by atoms with Gasteiger partial charge in [0.25, 0.3) is 0 Å². The highest BCUT2D eigenvalue weighted by Gasteiger charge is 2.08. The minimum Gasteiger partial charge on any atom is -0.384 e. The maximum absolute atomic E-state index is 5.70. The Labute approximate surface area is 106 Å². The van der Waals surface area contributed by atoms with E-state index in [2.05, 4.69) is 26.0 Å². The van der Waals surface area contributed by atoms with Crippen molar-refractivity contribution in [2.75, 3.05) is 5.73 Å². The molecule has 0 saturated carbocycles. The van der Waals surface area contributed by atoms with E-state index in [-0.39, 0.29) is 0 Å². The van der Waals surface area contributed by atoms with Gasteiger partial charge in [-0.25, -0.2) is 9.50 Å². The van der Waals surface area contributed by atoms with Gasteiger partial charge in [0, 0.05) is 16.2 Å². The number of benzene rings is 1. The summed E-state index contributed by atoms with van der Waals surface area (Å²) in [5.41, 5.74) is 8.50. The number of rotatable bonds is 1. The van der Waals surface area contributed by atoms with Gasteiger partial charge in [-0.2, -0.15) is 5.10 Å².